The van der Waals surface area contributed by atoms with E-state index in [4.69, 9.17) is 11.0 Å². The maximum absolute atomic E-state index is 8.17. The third-order valence-corrected chi connectivity index (χ3v) is 1.69. The monoisotopic (exact) mass is 144 g/mol. The molecule has 0 aliphatic rings. The van der Waals surface area contributed by atoms with Crippen molar-refractivity contribution in [2.24, 2.45) is 5.73 Å². The Bertz CT molecular complexity index is 97.7. The zero-order valence-electron chi connectivity index (χ0n) is 5.63. The van der Waals surface area contributed by atoms with Crippen LogP contribution >= 0.6 is 11.8 Å². The van der Waals surface area contributed by atoms with Gasteiger partial charge in [0.2, 0.25) is 0 Å². The fourth-order valence-electron chi connectivity index (χ4n) is 0.532. The highest BCUT2D eigenvalue weighted by atomic mass is 32.2. The Hall–Kier alpha value is -0.200. The number of thioether (sulfide) groups is 1. The fourth-order valence-corrected chi connectivity index (χ4v) is 0.952. The van der Waals surface area contributed by atoms with Crippen molar-refractivity contribution >= 4 is 11.8 Å². The van der Waals surface area contributed by atoms with Gasteiger partial charge in [-0.05, 0) is 18.2 Å². The van der Waals surface area contributed by atoms with E-state index >= 15 is 0 Å². The number of hydrogen-bond donors (Lipinski definition) is 1. The van der Waals surface area contributed by atoms with Gasteiger partial charge in [0.15, 0.2) is 0 Å². The van der Waals surface area contributed by atoms with Crippen LogP contribution in [0.15, 0.2) is 0 Å². The van der Waals surface area contributed by atoms with Crippen molar-refractivity contribution in [3.8, 4) is 5.40 Å². The molecule has 52 valence electrons. The molecule has 0 aromatic carbocycles. The molecule has 0 amide bonds. The first-order valence-corrected chi connectivity index (χ1v) is 3.99. The summed E-state index contributed by atoms with van der Waals surface area (Å²) in [4.78, 5) is 0. The summed E-state index contributed by atoms with van der Waals surface area (Å²) in [5.41, 5.74) is 5.51. The summed E-state index contributed by atoms with van der Waals surface area (Å²) in [5, 5.41) is 10.2. The largest absolute Gasteiger partial charge is 0.318 e. The van der Waals surface area contributed by atoms with Crippen molar-refractivity contribution in [1.29, 1.82) is 5.26 Å². The van der Waals surface area contributed by atoms with Gasteiger partial charge < -0.3 is 5.73 Å². The van der Waals surface area contributed by atoms with Crippen molar-refractivity contribution in [1.82, 2.24) is 0 Å². The normalized spacial score (nSPS) is 12.6. The van der Waals surface area contributed by atoms with Crippen LogP contribution < -0.4 is 5.73 Å². The smallest absolute Gasteiger partial charge is 0.134 e. The Labute approximate surface area is 60.4 Å². The first kappa shape index (κ1) is 8.80. The van der Waals surface area contributed by atoms with Gasteiger partial charge >= 0.3 is 0 Å². The molecule has 0 bridgehead atoms. The van der Waals surface area contributed by atoms with Crippen LogP contribution in [0.2, 0.25) is 0 Å². The highest BCUT2D eigenvalue weighted by molar-refractivity contribution is 8.04. The Kier molecular flexibility index (Phi) is 5.80. The van der Waals surface area contributed by atoms with Gasteiger partial charge in [-0.25, -0.2) is 0 Å². The predicted molar refractivity (Wildman–Crippen MR) is 40.7 cm³/mol. The van der Waals surface area contributed by atoms with E-state index in [1.165, 1.54) is 0 Å². The summed E-state index contributed by atoms with van der Waals surface area (Å²) in [6, 6.07) is 0. The molecule has 0 saturated heterocycles. The van der Waals surface area contributed by atoms with Crippen LogP contribution in [0.25, 0.3) is 0 Å². The highest BCUT2D eigenvalue weighted by Gasteiger charge is 1.99. The quantitative estimate of drug-likeness (QED) is 0.482. The molecule has 2 nitrogen and oxygen atoms in total. The molecule has 0 heterocycles. The number of nitrogens with zero attached hydrogens (tertiary/aromatic N) is 1. The average molecular weight is 144 g/mol. The van der Waals surface area contributed by atoms with Crippen LogP contribution in [-0.4, -0.2) is 5.37 Å². The number of hydrogen-bond acceptors (Lipinski definition) is 3. The van der Waals surface area contributed by atoms with E-state index in [1.807, 2.05) is 5.40 Å². The number of unbranched alkanes of at least 4 members (excludes halogenated alkanes) is 1. The molecule has 3 heteroatoms. The first-order valence-electron chi connectivity index (χ1n) is 3.11. The number of thiocyanates is 1. The fraction of sp³-hybridized carbons (Fsp3) is 0.833. The molecular formula is C6H12N2S. The maximum Gasteiger partial charge on any atom is 0.134 e. The molecule has 0 saturated carbocycles. The van der Waals surface area contributed by atoms with E-state index in [-0.39, 0.29) is 5.37 Å². The van der Waals surface area contributed by atoms with Crippen LogP contribution in [0.3, 0.4) is 0 Å². The molecule has 1 unspecified atom stereocenters. The minimum absolute atomic E-state index is 0.0231. The van der Waals surface area contributed by atoms with Gasteiger partial charge in [0.05, 0.1) is 5.37 Å². The maximum atomic E-state index is 8.17. The lowest BCUT2D eigenvalue weighted by Gasteiger charge is -2.02. The van der Waals surface area contributed by atoms with E-state index in [2.05, 4.69) is 6.92 Å². The van der Waals surface area contributed by atoms with Crippen molar-refractivity contribution in [2.75, 3.05) is 0 Å². The second kappa shape index (κ2) is 5.93. The van der Waals surface area contributed by atoms with E-state index in [0.717, 1.165) is 31.0 Å². The Morgan fingerprint density at radius 3 is 2.89 bits per heavy atom. The molecule has 0 aromatic rings. The van der Waals surface area contributed by atoms with Crippen LogP contribution in [0.4, 0.5) is 0 Å². The van der Waals surface area contributed by atoms with Crippen LogP contribution in [0.5, 0.6) is 0 Å². The van der Waals surface area contributed by atoms with Crippen molar-refractivity contribution < 1.29 is 0 Å². The van der Waals surface area contributed by atoms with Crippen molar-refractivity contribution in [2.45, 2.75) is 31.6 Å². The lowest BCUT2D eigenvalue weighted by atomic mass is 10.2. The summed E-state index contributed by atoms with van der Waals surface area (Å²) in [6.45, 7) is 2.11. The lowest BCUT2D eigenvalue weighted by Crippen LogP contribution is -2.13. The predicted octanol–water partition coefficient (Wildman–Crippen LogP) is 1.68. The second-order valence-corrected chi connectivity index (χ2v) is 2.91. The summed E-state index contributed by atoms with van der Waals surface area (Å²) in [7, 11) is 0. The van der Waals surface area contributed by atoms with Gasteiger partial charge in [-0.15, -0.1) is 0 Å². The summed E-state index contributed by atoms with van der Waals surface area (Å²) >= 11 is 1.15. The Morgan fingerprint density at radius 2 is 2.44 bits per heavy atom. The second-order valence-electron chi connectivity index (χ2n) is 1.89. The van der Waals surface area contributed by atoms with Gasteiger partial charge in [0, 0.05) is 0 Å². The van der Waals surface area contributed by atoms with Gasteiger partial charge in [-0.2, -0.15) is 5.26 Å². The molecule has 2 N–H and O–H groups in total. The molecule has 1 atom stereocenters. The van der Waals surface area contributed by atoms with E-state index < -0.39 is 0 Å². The summed E-state index contributed by atoms with van der Waals surface area (Å²) in [6.07, 6.45) is 3.23. The molecule has 0 spiro atoms. The van der Waals surface area contributed by atoms with Crippen LogP contribution in [0.1, 0.15) is 26.2 Å². The van der Waals surface area contributed by atoms with Gasteiger partial charge in [-0.3, -0.25) is 0 Å². The number of nitriles is 1. The molecule has 0 fully saturated rings. The third kappa shape index (κ3) is 5.67. The summed E-state index contributed by atoms with van der Waals surface area (Å²) < 4.78 is 0. The topological polar surface area (TPSA) is 49.8 Å². The molecule has 0 aliphatic heterocycles. The molecule has 0 rings (SSSR count). The Balaban J connectivity index is 3.08. The van der Waals surface area contributed by atoms with E-state index in [0.29, 0.717) is 0 Å². The molecule has 9 heavy (non-hydrogen) atoms. The molecule has 0 aliphatic carbocycles. The van der Waals surface area contributed by atoms with Crippen LogP contribution in [-0.2, 0) is 0 Å². The summed E-state index contributed by atoms with van der Waals surface area (Å²) in [5.74, 6) is 0. The van der Waals surface area contributed by atoms with Gasteiger partial charge in [-0.1, -0.05) is 19.8 Å². The standard InChI is InChI=1S/C6H12N2S/c1-2-3-4-6(8)9-5-7/h6H,2-4,8H2,1H3. The number of nitrogens with two attached hydrogens (primary N) is 1. The highest BCUT2D eigenvalue weighted by Crippen LogP contribution is 2.09. The number of rotatable bonds is 4. The minimum atomic E-state index is 0.0231. The Morgan fingerprint density at radius 1 is 1.78 bits per heavy atom. The SMILES string of the molecule is CCCCC(N)SC#N. The lowest BCUT2D eigenvalue weighted by molar-refractivity contribution is 0.700. The van der Waals surface area contributed by atoms with Crippen molar-refractivity contribution in [3.05, 3.63) is 0 Å². The molecule has 0 radical (unpaired) electrons. The zero-order valence-corrected chi connectivity index (χ0v) is 6.45. The zero-order chi connectivity index (χ0) is 7.11. The first-order chi connectivity index (χ1) is 4.31. The van der Waals surface area contributed by atoms with Gasteiger partial charge in [0.25, 0.3) is 0 Å². The van der Waals surface area contributed by atoms with E-state index in [9.17, 15) is 0 Å². The molecule has 0 aromatic heterocycles. The van der Waals surface area contributed by atoms with Crippen molar-refractivity contribution in [3.63, 3.8) is 0 Å². The average Bonchev–Trinajstić information content (AvgIpc) is 1.85. The van der Waals surface area contributed by atoms with Gasteiger partial charge in [0.1, 0.15) is 5.40 Å². The third-order valence-electron chi connectivity index (χ3n) is 1.05. The molecular weight excluding hydrogens is 132 g/mol. The minimum Gasteiger partial charge on any atom is -0.318 e. The van der Waals surface area contributed by atoms with E-state index in [1.54, 1.807) is 0 Å². The van der Waals surface area contributed by atoms with Crippen LogP contribution in [0, 0.1) is 10.7 Å².